The van der Waals surface area contributed by atoms with Gasteiger partial charge >= 0.3 is 0 Å². The van der Waals surface area contributed by atoms with E-state index in [4.69, 9.17) is 4.74 Å². The van der Waals surface area contributed by atoms with Crippen molar-refractivity contribution in [3.05, 3.63) is 28.2 Å². The van der Waals surface area contributed by atoms with Crippen molar-refractivity contribution in [2.24, 2.45) is 5.92 Å². The zero-order chi connectivity index (χ0) is 13.1. The molecule has 2 rings (SSSR count). The molecule has 0 aromatic heterocycles. The highest BCUT2D eigenvalue weighted by Crippen LogP contribution is 2.28. The van der Waals surface area contributed by atoms with Crippen molar-refractivity contribution in [2.45, 2.75) is 26.3 Å². The summed E-state index contributed by atoms with van der Waals surface area (Å²) in [7, 11) is 1.66. The van der Waals surface area contributed by atoms with Gasteiger partial charge in [0.2, 0.25) is 5.91 Å². The van der Waals surface area contributed by atoms with Crippen LogP contribution in [-0.2, 0) is 11.3 Å². The summed E-state index contributed by atoms with van der Waals surface area (Å²) < 4.78 is 6.35. The Labute approximate surface area is 116 Å². The Hall–Kier alpha value is -1.03. The molecule has 18 heavy (non-hydrogen) atoms. The van der Waals surface area contributed by atoms with Crippen LogP contribution in [0.2, 0.25) is 0 Å². The Kier molecular flexibility index (Phi) is 4.27. The molecule has 98 valence electrons. The van der Waals surface area contributed by atoms with Crippen LogP contribution in [0.25, 0.3) is 0 Å². The minimum atomic E-state index is 0.254. The van der Waals surface area contributed by atoms with Gasteiger partial charge in [-0.15, -0.1) is 0 Å². The number of carbonyl (C=O) groups is 1. The van der Waals surface area contributed by atoms with Crippen molar-refractivity contribution in [2.75, 3.05) is 13.7 Å². The lowest BCUT2D eigenvalue weighted by atomic mass is 10.1. The van der Waals surface area contributed by atoms with Gasteiger partial charge in [-0.05, 0) is 24.1 Å². The second-order valence-corrected chi connectivity index (χ2v) is 5.62. The van der Waals surface area contributed by atoms with Gasteiger partial charge in [0.05, 0.1) is 7.11 Å². The van der Waals surface area contributed by atoms with Crippen molar-refractivity contribution in [1.29, 1.82) is 0 Å². The Morgan fingerprint density at radius 2 is 2.28 bits per heavy atom. The molecule has 1 aromatic rings. The molecular formula is C14H18BrNO2. The molecule has 0 spiro atoms. The molecule has 1 aliphatic heterocycles. The fourth-order valence-corrected chi connectivity index (χ4v) is 2.77. The molecule has 4 heteroatoms. The molecule has 1 saturated heterocycles. The zero-order valence-electron chi connectivity index (χ0n) is 10.8. The lowest BCUT2D eigenvalue weighted by Crippen LogP contribution is -2.24. The number of likely N-dealkylation sites (tertiary alicyclic amines) is 1. The SMILES string of the molecule is CCC1CC(=O)N(Cc2cc(Br)ccc2OC)C1. The van der Waals surface area contributed by atoms with E-state index in [1.807, 2.05) is 23.1 Å². The maximum absolute atomic E-state index is 11.9. The van der Waals surface area contributed by atoms with E-state index in [1.54, 1.807) is 7.11 Å². The maximum Gasteiger partial charge on any atom is 0.223 e. The van der Waals surface area contributed by atoms with E-state index in [2.05, 4.69) is 22.9 Å². The van der Waals surface area contributed by atoms with E-state index in [9.17, 15) is 4.79 Å². The molecule has 1 heterocycles. The predicted molar refractivity (Wildman–Crippen MR) is 74.5 cm³/mol. The molecule has 1 amide bonds. The second-order valence-electron chi connectivity index (χ2n) is 4.71. The van der Waals surface area contributed by atoms with Gasteiger partial charge in [-0.2, -0.15) is 0 Å². The average Bonchev–Trinajstić information content (AvgIpc) is 2.71. The predicted octanol–water partition coefficient (Wildman–Crippen LogP) is 3.22. The number of halogens is 1. The molecule has 1 aliphatic rings. The van der Waals surface area contributed by atoms with Crippen LogP contribution in [0.3, 0.4) is 0 Å². The van der Waals surface area contributed by atoms with Gasteiger partial charge in [-0.3, -0.25) is 4.79 Å². The number of hydrogen-bond donors (Lipinski definition) is 0. The minimum Gasteiger partial charge on any atom is -0.496 e. The summed E-state index contributed by atoms with van der Waals surface area (Å²) in [6.07, 6.45) is 1.75. The van der Waals surface area contributed by atoms with Gasteiger partial charge < -0.3 is 9.64 Å². The van der Waals surface area contributed by atoms with Crippen LogP contribution in [0, 0.1) is 5.92 Å². The Morgan fingerprint density at radius 1 is 1.50 bits per heavy atom. The first-order chi connectivity index (χ1) is 8.63. The van der Waals surface area contributed by atoms with Gasteiger partial charge in [0, 0.05) is 29.5 Å². The lowest BCUT2D eigenvalue weighted by Gasteiger charge is -2.18. The number of ether oxygens (including phenoxy) is 1. The highest BCUT2D eigenvalue weighted by Gasteiger charge is 2.28. The van der Waals surface area contributed by atoms with Gasteiger partial charge in [0.1, 0.15) is 5.75 Å². The van der Waals surface area contributed by atoms with E-state index >= 15 is 0 Å². The maximum atomic E-state index is 11.9. The van der Waals surface area contributed by atoms with E-state index in [0.29, 0.717) is 18.9 Å². The average molecular weight is 312 g/mol. The van der Waals surface area contributed by atoms with Gasteiger partial charge in [-0.1, -0.05) is 29.3 Å². The smallest absolute Gasteiger partial charge is 0.223 e. The van der Waals surface area contributed by atoms with E-state index in [0.717, 1.165) is 28.8 Å². The molecule has 1 fully saturated rings. The lowest BCUT2D eigenvalue weighted by molar-refractivity contribution is -0.128. The summed E-state index contributed by atoms with van der Waals surface area (Å²) in [6, 6.07) is 5.89. The first-order valence-electron chi connectivity index (χ1n) is 6.24. The molecule has 1 unspecified atom stereocenters. The van der Waals surface area contributed by atoms with Crippen LogP contribution < -0.4 is 4.74 Å². The first-order valence-corrected chi connectivity index (χ1v) is 7.03. The van der Waals surface area contributed by atoms with Crippen LogP contribution in [-0.4, -0.2) is 24.5 Å². The second kappa shape index (κ2) is 5.74. The molecule has 3 nitrogen and oxygen atoms in total. The topological polar surface area (TPSA) is 29.5 Å². The monoisotopic (exact) mass is 311 g/mol. The molecule has 0 radical (unpaired) electrons. The molecule has 0 bridgehead atoms. The van der Waals surface area contributed by atoms with Gasteiger partial charge in [0.15, 0.2) is 0 Å². The first kappa shape index (κ1) is 13.4. The number of hydrogen-bond acceptors (Lipinski definition) is 2. The number of nitrogens with zero attached hydrogens (tertiary/aromatic N) is 1. The molecule has 1 aromatic carbocycles. The number of benzene rings is 1. The van der Waals surface area contributed by atoms with Crippen molar-refractivity contribution in [1.82, 2.24) is 4.90 Å². The van der Waals surface area contributed by atoms with Gasteiger partial charge in [-0.25, -0.2) is 0 Å². The molecule has 0 N–H and O–H groups in total. The van der Waals surface area contributed by atoms with Crippen molar-refractivity contribution in [3.63, 3.8) is 0 Å². The molecular weight excluding hydrogens is 294 g/mol. The Bertz CT molecular complexity index is 447. The fraction of sp³-hybridized carbons (Fsp3) is 0.500. The van der Waals surface area contributed by atoms with Crippen LogP contribution in [0.1, 0.15) is 25.3 Å². The summed E-state index contributed by atoms with van der Waals surface area (Å²) in [6.45, 7) is 3.64. The standard InChI is InChI=1S/C14H18BrNO2/c1-3-10-6-14(17)16(8-10)9-11-7-12(15)4-5-13(11)18-2/h4-5,7,10H,3,6,8-9H2,1-2H3. The number of amides is 1. The van der Waals surface area contributed by atoms with Crippen molar-refractivity contribution in [3.8, 4) is 5.75 Å². The van der Waals surface area contributed by atoms with E-state index in [-0.39, 0.29) is 5.91 Å². The van der Waals surface area contributed by atoms with Crippen LogP contribution in [0.4, 0.5) is 0 Å². The minimum absolute atomic E-state index is 0.254. The highest BCUT2D eigenvalue weighted by atomic mass is 79.9. The molecule has 1 atom stereocenters. The van der Waals surface area contributed by atoms with Crippen LogP contribution >= 0.6 is 15.9 Å². The number of rotatable bonds is 4. The fourth-order valence-electron chi connectivity index (χ4n) is 2.36. The third kappa shape index (κ3) is 2.86. The molecule has 0 saturated carbocycles. The van der Waals surface area contributed by atoms with E-state index in [1.165, 1.54) is 0 Å². The highest BCUT2D eigenvalue weighted by molar-refractivity contribution is 9.10. The van der Waals surface area contributed by atoms with Gasteiger partial charge in [0.25, 0.3) is 0 Å². The zero-order valence-corrected chi connectivity index (χ0v) is 12.4. The normalized spacial score (nSPS) is 19.4. The summed E-state index contributed by atoms with van der Waals surface area (Å²) in [5.74, 6) is 1.60. The Morgan fingerprint density at radius 3 is 2.89 bits per heavy atom. The van der Waals surface area contributed by atoms with E-state index < -0.39 is 0 Å². The number of methoxy groups -OCH3 is 1. The third-order valence-corrected chi connectivity index (χ3v) is 3.97. The van der Waals surface area contributed by atoms with Crippen LogP contribution in [0.5, 0.6) is 5.75 Å². The quantitative estimate of drug-likeness (QED) is 0.854. The third-order valence-electron chi connectivity index (χ3n) is 3.48. The summed E-state index contributed by atoms with van der Waals surface area (Å²) in [5.41, 5.74) is 1.05. The number of carbonyl (C=O) groups excluding carboxylic acids is 1. The summed E-state index contributed by atoms with van der Waals surface area (Å²) in [5, 5.41) is 0. The largest absolute Gasteiger partial charge is 0.496 e. The van der Waals surface area contributed by atoms with Crippen molar-refractivity contribution >= 4 is 21.8 Å². The summed E-state index contributed by atoms with van der Waals surface area (Å²) >= 11 is 3.46. The Balaban J connectivity index is 2.14. The summed E-state index contributed by atoms with van der Waals surface area (Å²) in [4.78, 5) is 13.8. The molecule has 0 aliphatic carbocycles. The van der Waals surface area contributed by atoms with Crippen LogP contribution in [0.15, 0.2) is 22.7 Å². The van der Waals surface area contributed by atoms with Crippen molar-refractivity contribution < 1.29 is 9.53 Å².